The summed E-state index contributed by atoms with van der Waals surface area (Å²) in [6, 6.07) is 10.4. The summed E-state index contributed by atoms with van der Waals surface area (Å²) in [5, 5.41) is 1.36. The highest BCUT2D eigenvalue weighted by atomic mass is 28.3. The van der Waals surface area contributed by atoms with E-state index >= 15 is 0 Å². The number of hydrogen-bond acceptors (Lipinski definition) is 3. The zero-order chi connectivity index (χ0) is 12.7. The van der Waals surface area contributed by atoms with Gasteiger partial charge in [0.1, 0.15) is 14.7 Å². The first-order valence-electron chi connectivity index (χ1n) is 5.50. The van der Waals surface area contributed by atoms with Crippen LogP contribution in [0.15, 0.2) is 42.1 Å². The van der Waals surface area contributed by atoms with Gasteiger partial charge in [-0.05, 0) is 0 Å². The third kappa shape index (κ3) is 4.44. The van der Waals surface area contributed by atoms with Crippen molar-refractivity contribution in [2.24, 2.45) is 0 Å². The Kier molecular flexibility index (Phi) is 4.97. The number of carbonyl (C=O) groups excluding carboxylic acids is 1. The quantitative estimate of drug-likeness (QED) is 0.608. The largest absolute Gasteiger partial charge is 0.508 e. The number of hydrogen-bond donors (Lipinski definition) is 0. The molecule has 1 aromatic rings. The molecule has 0 saturated carbocycles. The van der Waals surface area contributed by atoms with Crippen LogP contribution in [-0.4, -0.2) is 27.9 Å². The highest BCUT2D eigenvalue weighted by Gasteiger charge is 2.18. The molecule has 0 aliphatic heterocycles. The number of methoxy groups -OCH3 is 1. The van der Waals surface area contributed by atoms with Crippen LogP contribution in [-0.2, 0) is 9.47 Å². The Bertz CT molecular complexity index is 385. The number of rotatable bonds is 4. The summed E-state index contributed by atoms with van der Waals surface area (Å²) in [5.74, 6) is 0. The van der Waals surface area contributed by atoms with Gasteiger partial charge < -0.3 is 9.47 Å². The standard InChI is InChI=1S/C13H18O3Si/c1-15-13(14)16-10-7-11-17(2,3)12-8-5-4-6-9-12/h4-9,11H,10H2,1-3H3/b11-7-. The first kappa shape index (κ1) is 13.5. The van der Waals surface area contributed by atoms with E-state index in [1.807, 2.05) is 24.3 Å². The fraction of sp³-hybridized carbons (Fsp3) is 0.308. The fourth-order valence-electron chi connectivity index (χ4n) is 1.48. The molecule has 0 heterocycles. The molecule has 17 heavy (non-hydrogen) atoms. The third-order valence-electron chi connectivity index (χ3n) is 2.52. The van der Waals surface area contributed by atoms with Crippen LogP contribution in [0.1, 0.15) is 0 Å². The molecule has 1 aromatic carbocycles. The molecule has 0 spiro atoms. The number of benzene rings is 1. The zero-order valence-electron chi connectivity index (χ0n) is 10.5. The molecule has 0 aliphatic carbocycles. The monoisotopic (exact) mass is 250 g/mol. The summed E-state index contributed by atoms with van der Waals surface area (Å²) in [6.45, 7) is 4.75. The lowest BCUT2D eigenvalue weighted by molar-refractivity contribution is 0.0818. The van der Waals surface area contributed by atoms with Gasteiger partial charge >= 0.3 is 6.16 Å². The van der Waals surface area contributed by atoms with Crippen LogP contribution in [0.4, 0.5) is 4.79 Å². The minimum Gasteiger partial charge on any atom is -0.438 e. The first-order valence-corrected chi connectivity index (χ1v) is 8.58. The molecule has 0 unspecified atom stereocenters. The second-order valence-corrected chi connectivity index (χ2v) is 8.61. The Morgan fingerprint density at radius 3 is 2.53 bits per heavy atom. The molecule has 0 aromatic heterocycles. The van der Waals surface area contributed by atoms with Crippen molar-refractivity contribution in [3.63, 3.8) is 0 Å². The molecule has 0 amide bonds. The normalized spacial score (nSPS) is 11.5. The van der Waals surface area contributed by atoms with Gasteiger partial charge in [-0.25, -0.2) is 4.79 Å². The van der Waals surface area contributed by atoms with Gasteiger partial charge in [0.15, 0.2) is 0 Å². The second kappa shape index (κ2) is 6.25. The Morgan fingerprint density at radius 2 is 1.94 bits per heavy atom. The van der Waals surface area contributed by atoms with Gasteiger partial charge in [-0.3, -0.25) is 0 Å². The summed E-state index contributed by atoms with van der Waals surface area (Å²) in [5.41, 5.74) is 2.16. The lowest BCUT2D eigenvalue weighted by Gasteiger charge is -2.18. The zero-order valence-corrected chi connectivity index (χ0v) is 11.5. The molecule has 1 rings (SSSR count). The molecule has 92 valence electrons. The maximum absolute atomic E-state index is 10.7. The van der Waals surface area contributed by atoms with E-state index in [0.717, 1.165) is 0 Å². The van der Waals surface area contributed by atoms with Gasteiger partial charge in [0.05, 0.1) is 7.11 Å². The molecule has 0 aliphatic rings. The van der Waals surface area contributed by atoms with Gasteiger partial charge in [-0.1, -0.05) is 60.4 Å². The summed E-state index contributed by atoms with van der Waals surface area (Å²) >= 11 is 0. The van der Waals surface area contributed by atoms with Crippen LogP contribution in [0.2, 0.25) is 13.1 Å². The van der Waals surface area contributed by atoms with Crippen LogP contribution >= 0.6 is 0 Å². The fourth-order valence-corrected chi connectivity index (χ4v) is 3.41. The molecule has 0 atom stereocenters. The Labute approximate surface area is 103 Å². The Hall–Kier alpha value is -1.55. The van der Waals surface area contributed by atoms with Crippen LogP contribution < -0.4 is 5.19 Å². The minimum absolute atomic E-state index is 0.260. The van der Waals surface area contributed by atoms with Gasteiger partial charge in [0, 0.05) is 0 Å². The predicted molar refractivity (Wildman–Crippen MR) is 71.1 cm³/mol. The molecular formula is C13H18O3Si. The molecule has 0 radical (unpaired) electrons. The van der Waals surface area contributed by atoms with E-state index in [-0.39, 0.29) is 6.61 Å². The smallest absolute Gasteiger partial charge is 0.438 e. The lowest BCUT2D eigenvalue weighted by atomic mass is 10.4. The average Bonchev–Trinajstić information content (AvgIpc) is 2.35. The topological polar surface area (TPSA) is 35.5 Å². The van der Waals surface area contributed by atoms with Crippen LogP contribution in [0, 0.1) is 0 Å². The van der Waals surface area contributed by atoms with Crippen LogP contribution in [0.5, 0.6) is 0 Å². The van der Waals surface area contributed by atoms with Crippen molar-refractivity contribution in [1.29, 1.82) is 0 Å². The van der Waals surface area contributed by atoms with Gasteiger partial charge in [-0.15, -0.1) is 0 Å². The SMILES string of the molecule is COC(=O)OC/C=C\[Si](C)(C)c1ccccc1. The van der Waals surface area contributed by atoms with E-state index in [0.29, 0.717) is 0 Å². The molecule has 0 saturated heterocycles. The highest BCUT2D eigenvalue weighted by molar-refractivity contribution is 6.93. The second-order valence-electron chi connectivity index (χ2n) is 4.26. The van der Waals surface area contributed by atoms with E-state index in [4.69, 9.17) is 4.74 Å². The van der Waals surface area contributed by atoms with Crippen molar-refractivity contribution in [1.82, 2.24) is 0 Å². The first-order chi connectivity index (χ1) is 8.06. The molecule has 3 nitrogen and oxygen atoms in total. The minimum atomic E-state index is -1.57. The maximum atomic E-state index is 10.7. The maximum Gasteiger partial charge on any atom is 0.508 e. The van der Waals surface area contributed by atoms with Crippen molar-refractivity contribution in [3.05, 3.63) is 42.1 Å². The molecule has 4 heteroatoms. The van der Waals surface area contributed by atoms with Crippen molar-refractivity contribution in [2.45, 2.75) is 13.1 Å². The molecule has 0 bridgehead atoms. The summed E-state index contributed by atoms with van der Waals surface area (Å²) < 4.78 is 9.18. The molecular weight excluding hydrogens is 232 g/mol. The van der Waals surface area contributed by atoms with Gasteiger partial charge in [0.2, 0.25) is 0 Å². The van der Waals surface area contributed by atoms with Crippen molar-refractivity contribution < 1.29 is 14.3 Å². The number of ether oxygens (including phenoxy) is 2. The van der Waals surface area contributed by atoms with Crippen molar-refractivity contribution >= 4 is 19.4 Å². The van der Waals surface area contributed by atoms with Gasteiger partial charge in [-0.2, -0.15) is 0 Å². The van der Waals surface area contributed by atoms with Crippen LogP contribution in [0.25, 0.3) is 0 Å². The average molecular weight is 250 g/mol. The van der Waals surface area contributed by atoms with E-state index in [1.165, 1.54) is 12.3 Å². The third-order valence-corrected chi connectivity index (χ3v) is 5.41. The van der Waals surface area contributed by atoms with Crippen LogP contribution in [0.3, 0.4) is 0 Å². The van der Waals surface area contributed by atoms with E-state index in [1.54, 1.807) is 0 Å². The summed E-state index contributed by atoms with van der Waals surface area (Å²) in [6.07, 6.45) is 1.24. The molecule has 0 N–H and O–H groups in total. The predicted octanol–water partition coefficient (Wildman–Crippen LogP) is 2.48. The Morgan fingerprint density at radius 1 is 1.29 bits per heavy atom. The van der Waals surface area contributed by atoms with Gasteiger partial charge in [0.25, 0.3) is 0 Å². The lowest BCUT2D eigenvalue weighted by Crippen LogP contribution is -2.39. The summed E-state index contributed by atoms with van der Waals surface area (Å²) in [7, 11) is -0.274. The van der Waals surface area contributed by atoms with Crippen molar-refractivity contribution in [3.8, 4) is 0 Å². The molecule has 0 fully saturated rings. The van der Waals surface area contributed by atoms with E-state index in [9.17, 15) is 4.79 Å². The highest BCUT2D eigenvalue weighted by Crippen LogP contribution is 2.04. The van der Waals surface area contributed by atoms with Crippen molar-refractivity contribution in [2.75, 3.05) is 13.7 Å². The number of carbonyl (C=O) groups is 1. The van der Waals surface area contributed by atoms with E-state index < -0.39 is 14.2 Å². The Balaban J connectivity index is 2.55. The van der Waals surface area contributed by atoms with E-state index in [2.05, 4.69) is 35.7 Å². The summed E-state index contributed by atoms with van der Waals surface area (Å²) in [4.78, 5) is 10.7.